The van der Waals surface area contributed by atoms with Crippen LogP contribution >= 0.6 is 11.8 Å². The number of amides is 3. The Kier molecular flexibility index (Phi) is 5.33. The van der Waals surface area contributed by atoms with Gasteiger partial charge in [-0.3, -0.25) is 4.79 Å². The van der Waals surface area contributed by atoms with Gasteiger partial charge in [-0.25, -0.2) is 9.59 Å². The second kappa shape index (κ2) is 7.02. The molecule has 8 heteroatoms. The van der Waals surface area contributed by atoms with Gasteiger partial charge in [-0.05, 0) is 26.2 Å². The Morgan fingerprint density at radius 1 is 1.24 bits per heavy atom. The van der Waals surface area contributed by atoms with Crippen molar-refractivity contribution in [1.29, 1.82) is 0 Å². The smallest absolute Gasteiger partial charge is 0.327 e. The minimum absolute atomic E-state index is 0.0956. The number of rotatable bonds is 3. The van der Waals surface area contributed by atoms with E-state index >= 15 is 0 Å². The van der Waals surface area contributed by atoms with Crippen LogP contribution in [-0.2, 0) is 9.59 Å². The summed E-state index contributed by atoms with van der Waals surface area (Å²) in [4.78, 5) is 38.5. The van der Waals surface area contributed by atoms with E-state index in [2.05, 4.69) is 5.32 Å². The van der Waals surface area contributed by atoms with E-state index in [0.717, 1.165) is 32.4 Å². The highest BCUT2D eigenvalue weighted by atomic mass is 32.2. The quantitative estimate of drug-likeness (QED) is 0.794. The molecule has 0 bridgehead atoms. The monoisotopic (exact) mass is 315 g/mol. The van der Waals surface area contributed by atoms with Crippen LogP contribution in [0.1, 0.15) is 26.2 Å². The van der Waals surface area contributed by atoms with Crippen molar-refractivity contribution in [3.63, 3.8) is 0 Å². The Hall–Kier alpha value is -1.44. The number of carbonyl (C=O) groups is 3. The summed E-state index contributed by atoms with van der Waals surface area (Å²) in [5.41, 5.74) is 0. The molecule has 0 radical (unpaired) electrons. The summed E-state index contributed by atoms with van der Waals surface area (Å²) >= 11 is 1.40. The minimum Gasteiger partial charge on any atom is -0.480 e. The molecule has 2 saturated heterocycles. The second-order valence-corrected chi connectivity index (χ2v) is 6.38. The molecule has 1 unspecified atom stereocenters. The molecule has 0 aliphatic carbocycles. The van der Waals surface area contributed by atoms with Gasteiger partial charge in [0.25, 0.3) is 0 Å². The van der Waals surface area contributed by atoms with Gasteiger partial charge in [-0.2, -0.15) is 0 Å². The molecule has 118 valence electrons. The van der Waals surface area contributed by atoms with Crippen molar-refractivity contribution in [2.75, 3.05) is 24.7 Å². The fraction of sp³-hybridized carbons (Fsp3) is 0.769. The molecule has 21 heavy (non-hydrogen) atoms. The van der Waals surface area contributed by atoms with Gasteiger partial charge in [0, 0.05) is 18.8 Å². The van der Waals surface area contributed by atoms with E-state index in [-0.39, 0.29) is 5.91 Å². The average molecular weight is 315 g/mol. The lowest BCUT2D eigenvalue weighted by atomic mass is 10.1. The van der Waals surface area contributed by atoms with Gasteiger partial charge in [0.1, 0.15) is 12.1 Å². The maximum absolute atomic E-state index is 12.2. The van der Waals surface area contributed by atoms with Crippen molar-refractivity contribution in [3.8, 4) is 0 Å². The Morgan fingerprint density at radius 3 is 2.52 bits per heavy atom. The topological polar surface area (TPSA) is 90.0 Å². The van der Waals surface area contributed by atoms with Crippen molar-refractivity contribution >= 4 is 29.7 Å². The fourth-order valence-corrected chi connectivity index (χ4v) is 3.71. The van der Waals surface area contributed by atoms with Crippen molar-refractivity contribution < 1.29 is 19.5 Å². The van der Waals surface area contributed by atoms with Crippen molar-refractivity contribution in [3.05, 3.63) is 0 Å². The first kappa shape index (κ1) is 15.9. The summed E-state index contributed by atoms with van der Waals surface area (Å²) in [7, 11) is 0. The summed E-state index contributed by atoms with van der Waals surface area (Å²) in [5.74, 6) is -0.378. The molecule has 2 aliphatic heterocycles. The molecule has 2 fully saturated rings. The third-order valence-corrected chi connectivity index (χ3v) is 4.82. The molecule has 7 nitrogen and oxygen atoms in total. The summed E-state index contributed by atoms with van der Waals surface area (Å²) in [6.45, 7) is 3.11. The van der Waals surface area contributed by atoms with E-state index < -0.39 is 24.1 Å². The van der Waals surface area contributed by atoms with Crippen LogP contribution in [0.4, 0.5) is 4.79 Å². The molecule has 2 aliphatic rings. The molecule has 0 aromatic carbocycles. The van der Waals surface area contributed by atoms with Crippen LogP contribution in [0.2, 0.25) is 0 Å². The van der Waals surface area contributed by atoms with Gasteiger partial charge >= 0.3 is 12.0 Å². The number of hydrogen-bond donors (Lipinski definition) is 2. The van der Waals surface area contributed by atoms with Gasteiger partial charge in [0.2, 0.25) is 5.91 Å². The maximum atomic E-state index is 12.2. The molecular formula is C13H21N3O4S. The largest absolute Gasteiger partial charge is 0.480 e. The van der Waals surface area contributed by atoms with E-state index in [4.69, 9.17) is 5.11 Å². The molecule has 0 aromatic heterocycles. The molecule has 0 spiro atoms. The van der Waals surface area contributed by atoms with Crippen molar-refractivity contribution in [2.45, 2.75) is 38.3 Å². The Bertz CT molecular complexity index is 426. The zero-order valence-corrected chi connectivity index (χ0v) is 12.9. The summed E-state index contributed by atoms with van der Waals surface area (Å²) < 4.78 is 0. The highest BCUT2D eigenvalue weighted by molar-refractivity contribution is 7.99. The number of nitrogens with one attached hydrogen (secondary N) is 1. The van der Waals surface area contributed by atoms with E-state index in [1.807, 2.05) is 0 Å². The lowest BCUT2D eigenvalue weighted by molar-refractivity contribution is -0.140. The number of carboxylic acids is 1. The predicted molar refractivity (Wildman–Crippen MR) is 79.0 cm³/mol. The number of carboxylic acid groups (broad SMARTS) is 1. The SMILES string of the molecule is CC(NC(=O)N1CSC[C@H]1C(=O)O)C(=O)N1CCCCC1. The fourth-order valence-electron chi connectivity index (χ4n) is 2.57. The molecular weight excluding hydrogens is 294 g/mol. The zero-order valence-electron chi connectivity index (χ0n) is 12.1. The third kappa shape index (κ3) is 3.81. The Morgan fingerprint density at radius 2 is 1.90 bits per heavy atom. The number of hydrogen-bond acceptors (Lipinski definition) is 4. The molecule has 2 rings (SSSR count). The average Bonchev–Trinajstić information content (AvgIpc) is 2.97. The van der Waals surface area contributed by atoms with E-state index in [1.54, 1.807) is 11.8 Å². The van der Waals surface area contributed by atoms with Gasteiger partial charge < -0.3 is 20.2 Å². The van der Waals surface area contributed by atoms with Crippen LogP contribution in [0.5, 0.6) is 0 Å². The number of urea groups is 1. The van der Waals surface area contributed by atoms with Crippen LogP contribution in [0.3, 0.4) is 0 Å². The molecule has 0 aromatic rings. The number of carbonyl (C=O) groups excluding carboxylic acids is 2. The molecule has 2 N–H and O–H groups in total. The summed E-state index contributed by atoms with van der Waals surface area (Å²) in [6, 6.07) is -1.92. The third-order valence-electron chi connectivity index (χ3n) is 3.81. The number of likely N-dealkylation sites (tertiary alicyclic amines) is 1. The molecule has 2 heterocycles. The first-order chi connectivity index (χ1) is 10.0. The lowest BCUT2D eigenvalue weighted by Crippen LogP contribution is -2.54. The molecule has 0 saturated carbocycles. The van der Waals surface area contributed by atoms with E-state index in [1.165, 1.54) is 16.7 Å². The van der Waals surface area contributed by atoms with Crippen molar-refractivity contribution in [1.82, 2.24) is 15.1 Å². The Balaban J connectivity index is 1.89. The zero-order chi connectivity index (χ0) is 15.4. The number of thioether (sulfide) groups is 1. The van der Waals surface area contributed by atoms with Gasteiger partial charge in [0.05, 0.1) is 5.88 Å². The highest BCUT2D eigenvalue weighted by Gasteiger charge is 2.36. The van der Waals surface area contributed by atoms with Crippen LogP contribution in [-0.4, -0.2) is 69.6 Å². The van der Waals surface area contributed by atoms with Gasteiger partial charge in [-0.15, -0.1) is 11.8 Å². The first-order valence-corrected chi connectivity index (χ1v) is 8.32. The lowest BCUT2D eigenvalue weighted by Gasteiger charge is -2.30. The second-order valence-electron chi connectivity index (χ2n) is 5.38. The maximum Gasteiger partial charge on any atom is 0.327 e. The minimum atomic E-state index is -1.01. The number of nitrogens with zero attached hydrogens (tertiary/aromatic N) is 2. The number of aliphatic carboxylic acids is 1. The molecule has 2 atom stereocenters. The van der Waals surface area contributed by atoms with Gasteiger partial charge in [0.15, 0.2) is 0 Å². The van der Waals surface area contributed by atoms with E-state index in [9.17, 15) is 14.4 Å². The van der Waals surface area contributed by atoms with E-state index in [0.29, 0.717) is 11.6 Å². The molecule has 3 amide bonds. The standard InChI is InChI=1S/C13H21N3O4S/c1-9(11(17)15-5-3-2-4-6-15)14-13(20)16-8-21-7-10(16)12(18)19/h9-10H,2-8H2,1H3,(H,14,20)(H,18,19)/t9?,10-/m0/s1. The Labute approximate surface area is 128 Å². The van der Waals surface area contributed by atoms with Crippen molar-refractivity contribution in [2.24, 2.45) is 0 Å². The summed E-state index contributed by atoms with van der Waals surface area (Å²) in [5, 5.41) is 11.7. The highest BCUT2D eigenvalue weighted by Crippen LogP contribution is 2.21. The summed E-state index contributed by atoms with van der Waals surface area (Å²) in [6.07, 6.45) is 3.13. The first-order valence-electron chi connectivity index (χ1n) is 7.17. The van der Waals surface area contributed by atoms with Crippen LogP contribution < -0.4 is 5.32 Å². The van der Waals surface area contributed by atoms with Crippen LogP contribution in [0.25, 0.3) is 0 Å². The van der Waals surface area contributed by atoms with Crippen LogP contribution in [0.15, 0.2) is 0 Å². The van der Waals surface area contributed by atoms with Crippen LogP contribution in [0, 0.1) is 0 Å². The predicted octanol–water partition coefficient (Wildman–Crippen LogP) is 0.556. The normalized spacial score (nSPS) is 23.8. The van der Waals surface area contributed by atoms with Gasteiger partial charge in [-0.1, -0.05) is 0 Å². The number of piperidine rings is 1.